The van der Waals surface area contributed by atoms with Crippen molar-refractivity contribution in [3.63, 3.8) is 0 Å². The van der Waals surface area contributed by atoms with E-state index in [0.29, 0.717) is 6.04 Å². The first-order chi connectivity index (χ1) is 6.00. The van der Waals surface area contributed by atoms with Crippen LogP contribution in [0.15, 0.2) is 6.20 Å². The van der Waals surface area contributed by atoms with E-state index >= 15 is 0 Å². The maximum atomic E-state index is 4.49. The summed E-state index contributed by atoms with van der Waals surface area (Å²) in [6.07, 6.45) is 2.11. The van der Waals surface area contributed by atoms with E-state index in [-0.39, 0.29) is 0 Å². The molecule has 0 aliphatic rings. The Bertz CT molecular complexity index is 274. The van der Waals surface area contributed by atoms with E-state index in [2.05, 4.69) is 48.6 Å². The smallest absolute Gasteiger partial charge is 0.123 e. The maximum Gasteiger partial charge on any atom is 0.123 e. The van der Waals surface area contributed by atoms with E-state index in [1.807, 2.05) is 6.92 Å². The molecule has 1 aromatic rings. The molecule has 0 amide bonds. The lowest BCUT2D eigenvalue weighted by atomic mass is 10.4. The summed E-state index contributed by atoms with van der Waals surface area (Å²) in [6.45, 7) is 7.31. The van der Waals surface area contributed by atoms with Gasteiger partial charge in [-0.2, -0.15) is 0 Å². The Balaban J connectivity index is 2.91. The highest BCUT2D eigenvalue weighted by Gasteiger charge is 2.08. The predicted octanol–water partition coefficient (Wildman–Crippen LogP) is 1.83. The quantitative estimate of drug-likeness (QED) is 0.709. The zero-order valence-electron chi connectivity index (χ0n) is 9.20. The summed E-state index contributed by atoms with van der Waals surface area (Å²) in [6, 6.07) is 0.496. The molecule has 1 rings (SSSR count). The van der Waals surface area contributed by atoms with Crippen molar-refractivity contribution in [1.29, 1.82) is 0 Å². The summed E-state index contributed by atoms with van der Waals surface area (Å²) in [5.74, 6) is 1.15. The average molecular weight is 181 g/mol. The molecule has 74 valence electrons. The Morgan fingerprint density at radius 1 is 1.46 bits per heavy atom. The fraction of sp³-hybridized carbons (Fsp3) is 0.700. The third-order valence-electron chi connectivity index (χ3n) is 1.94. The Morgan fingerprint density at radius 3 is 2.54 bits per heavy atom. The molecule has 0 aliphatic heterocycles. The fourth-order valence-electron chi connectivity index (χ4n) is 1.41. The standard InChI is InChI=1S/C10H19N3/c1-8(2)13-6-9(3)11-10(13)7-12(4)5/h6,8H,7H2,1-5H3. The number of nitrogens with zero attached hydrogens (tertiary/aromatic N) is 3. The largest absolute Gasteiger partial charge is 0.331 e. The van der Waals surface area contributed by atoms with Gasteiger partial charge in [-0.3, -0.25) is 0 Å². The van der Waals surface area contributed by atoms with E-state index < -0.39 is 0 Å². The molecule has 3 nitrogen and oxygen atoms in total. The summed E-state index contributed by atoms with van der Waals surface area (Å²) in [4.78, 5) is 6.63. The van der Waals surface area contributed by atoms with Crippen LogP contribution in [-0.2, 0) is 6.54 Å². The molecule has 1 heterocycles. The number of hydrogen-bond acceptors (Lipinski definition) is 2. The van der Waals surface area contributed by atoms with Gasteiger partial charge in [0, 0.05) is 12.2 Å². The van der Waals surface area contributed by atoms with Crippen molar-refractivity contribution in [3.8, 4) is 0 Å². The first-order valence-corrected chi connectivity index (χ1v) is 4.69. The minimum Gasteiger partial charge on any atom is -0.331 e. The van der Waals surface area contributed by atoms with E-state index in [9.17, 15) is 0 Å². The van der Waals surface area contributed by atoms with Gasteiger partial charge in [0.25, 0.3) is 0 Å². The van der Waals surface area contributed by atoms with Crippen LogP contribution in [0, 0.1) is 6.92 Å². The Kier molecular flexibility index (Phi) is 3.09. The molecule has 13 heavy (non-hydrogen) atoms. The molecule has 0 bridgehead atoms. The summed E-state index contributed by atoms with van der Waals surface area (Å²) in [5.41, 5.74) is 1.10. The van der Waals surface area contributed by atoms with Crippen LogP contribution in [0.25, 0.3) is 0 Å². The lowest BCUT2D eigenvalue weighted by Gasteiger charge is -2.14. The fourth-order valence-corrected chi connectivity index (χ4v) is 1.41. The van der Waals surface area contributed by atoms with Gasteiger partial charge in [-0.05, 0) is 34.9 Å². The normalized spacial score (nSPS) is 11.6. The van der Waals surface area contributed by atoms with E-state index in [1.165, 1.54) is 0 Å². The summed E-state index contributed by atoms with van der Waals surface area (Å²) < 4.78 is 2.23. The number of hydrogen-bond donors (Lipinski definition) is 0. The van der Waals surface area contributed by atoms with Crippen LogP contribution in [0.4, 0.5) is 0 Å². The van der Waals surface area contributed by atoms with Crippen LogP contribution in [0.3, 0.4) is 0 Å². The first kappa shape index (κ1) is 10.3. The Hall–Kier alpha value is -0.830. The number of aryl methyl sites for hydroxylation is 1. The minimum atomic E-state index is 0.496. The van der Waals surface area contributed by atoms with Crippen molar-refractivity contribution in [2.45, 2.75) is 33.4 Å². The van der Waals surface area contributed by atoms with Crippen LogP contribution in [0.5, 0.6) is 0 Å². The number of rotatable bonds is 3. The first-order valence-electron chi connectivity index (χ1n) is 4.69. The zero-order valence-corrected chi connectivity index (χ0v) is 9.20. The molecule has 0 atom stereocenters. The molecule has 1 aromatic heterocycles. The second-order valence-electron chi connectivity index (χ2n) is 4.04. The topological polar surface area (TPSA) is 21.1 Å². The highest BCUT2D eigenvalue weighted by molar-refractivity contribution is 5.03. The van der Waals surface area contributed by atoms with Crippen LogP contribution in [0.2, 0.25) is 0 Å². The van der Waals surface area contributed by atoms with Crippen molar-refractivity contribution in [1.82, 2.24) is 14.5 Å². The molecule has 0 saturated carbocycles. The van der Waals surface area contributed by atoms with E-state index in [1.54, 1.807) is 0 Å². The zero-order chi connectivity index (χ0) is 10.0. The molecule has 0 radical (unpaired) electrons. The van der Waals surface area contributed by atoms with Crippen LogP contribution >= 0.6 is 0 Å². The Morgan fingerprint density at radius 2 is 2.08 bits per heavy atom. The van der Waals surface area contributed by atoms with Gasteiger partial charge in [-0.25, -0.2) is 4.98 Å². The predicted molar refractivity (Wildman–Crippen MR) is 54.7 cm³/mol. The van der Waals surface area contributed by atoms with E-state index in [0.717, 1.165) is 18.1 Å². The third-order valence-corrected chi connectivity index (χ3v) is 1.94. The van der Waals surface area contributed by atoms with Gasteiger partial charge < -0.3 is 9.47 Å². The van der Waals surface area contributed by atoms with Crippen molar-refractivity contribution in [2.75, 3.05) is 14.1 Å². The van der Waals surface area contributed by atoms with Crippen molar-refractivity contribution >= 4 is 0 Å². The Labute approximate surface area is 80.4 Å². The molecule has 0 fully saturated rings. The molecule has 0 spiro atoms. The van der Waals surface area contributed by atoms with Gasteiger partial charge in [-0.15, -0.1) is 0 Å². The maximum absolute atomic E-state index is 4.49. The van der Waals surface area contributed by atoms with Crippen LogP contribution in [0.1, 0.15) is 31.4 Å². The van der Waals surface area contributed by atoms with Gasteiger partial charge in [-0.1, -0.05) is 0 Å². The molecular weight excluding hydrogens is 162 g/mol. The minimum absolute atomic E-state index is 0.496. The molecule has 3 heteroatoms. The van der Waals surface area contributed by atoms with Crippen LogP contribution in [-0.4, -0.2) is 28.5 Å². The van der Waals surface area contributed by atoms with Crippen LogP contribution < -0.4 is 0 Å². The molecular formula is C10H19N3. The molecule has 0 aliphatic carbocycles. The van der Waals surface area contributed by atoms with Gasteiger partial charge in [0.05, 0.1) is 12.2 Å². The molecule has 0 N–H and O–H groups in total. The second-order valence-corrected chi connectivity index (χ2v) is 4.04. The molecule has 0 unspecified atom stereocenters. The SMILES string of the molecule is Cc1cn(C(C)C)c(CN(C)C)n1. The van der Waals surface area contributed by atoms with Gasteiger partial charge in [0.15, 0.2) is 0 Å². The highest BCUT2D eigenvalue weighted by atomic mass is 15.2. The lowest BCUT2D eigenvalue weighted by molar-refractivity contribution is 0.375. The van der Waals surface area contributed by atoms with Gasteiger partial charge >= 0.3 is 0 Å². The highest BCUT2D eigenvalue weighted by Crippen LogP contribution is 2.11. The third kappa shape index (κ3) is 2.56. The van der Waals surface area contributed by atoms with Gasteiger partial charge in [0.2, 0.25) is 0 Å². The average Bonchev–Trinajstić information content (AvgIpc) is 2.29. The lowest BCUT2D eigenvalue weighted by Crippen LogP contribution is -2.16. The summed E-state index contributed by atoms with van der Waals surface area (Å²) in [7, 11) is 4.13. The molecule has 0 saturated heterocycles. The van der Waals surface area contributed by atoms with Crippen molar-refractivity contribution < 1.29 is 0 Å². The second kappa shape index (κ2) is 3.92. The number of imidazole rings is 1. The molecule has 0 aromatic carbocycles. The van der Waals surface area contributed by atoms with E-state index in [4.69, 9.17) is 0 Å². The van der Waals surface area contributed by atoms with Gasteiger partial charge in [0.1, 0.15) is 5.82 Å². The van der Waals surface area contributed by atoms with Crippen molar-refractivity contribution in [3.05, 3.63) is 17.7 Å². The summed E-state index contributed by atoms with van der Waals surface area (Å²) in [5, 5.41) is 0. The number of aromatic nitrogens is 2. The monoisotopic (exact) mass is 181 g/mol. The van der Waals surface area contributed by atoms with Crippen molar-refractivity contribution in [2.24, 2.45) is 0 Å². The summed E-state index contributed by atoms with van der Waals surface area (Å²) >= 11 is 0.